The molecule has 0 unspecified atom stereocenters. The summed E-state index contributed by atoms with van der Waals surface area (Å²) in [5, 5.41) is 6.76. The highest BCUT2D eigenvalue weighted by Gasteiger charge is 2.13. The molecule has 174 valence electrons. The lowest BCUT2D eigenvalue weighted by molar-refractivity contribution is -0.115. The normalized spacial score (nSPS) is 10.6. The van der Waals surface area contributed by atoms with Gasteiger partial charge in [-0.05, 0) is 54.1 Å². The first-order valence-electron chi connectivity index (χ1n) is 10.7. The van der Waals surface area contributed by atoms with Gasteiger partial charge >= 0.3 is 5.97 Å². The number of para-hydroxylation sites is 1. The van der Waals surface area contributed by atoms with Crippen LogP contribution in [0.15, 0.2) is 107 Å². The minimum atomic E-state index is -0.643. The molecular weight excluding hydrogens is 446 g/mol. The number of hydrazone groups is 1. The molecule has 2 amide bonds. The van der Waals surface area contributed by atoms with E-state index in [0.717, 1.165) is 5.56 Å². The Hall–Kier alpha value is -4.98. The number of rotatable bonds is 8. The summed E-state index contributed by atoms with van der Waals surface area (Å²) in [6.07, 6.45) is 3.02. The maximum absolute atomic E-state index is 12.4. The maximum atomic E-state index is 12.4. The Balaban J connectivity index is 1.32. The molecule has 0 bridgehead atoms. The fraction of sp³-hybridized carbons (Fsp3) is 0.0370. The summed E-state index contributed by atoms with van der Waals surface area (Å²) >= 11 is 0. The van der Waals surface area contributed by atoms with Crippen LogP contribution in [0.1, 0.15) is 32.0 Å². The number of carbonyl (C=O) groups excluding carboxylic acids is 3. The quantitative estimate of drug-likeness (QED) is 0.172. The predicted octanol–water partition coefficient (Wildman–Crippen LogP) is 4.44. The number of hydrogen-bond acceptors (Lipinski definition) is 6. The van der Waals surface area contributed by atoms with Crippen LogP contribution in [0, 0.1) is 0 Å². The van der Waals surface area contributed by atoms with Crippen LogP contribution in [0.2, 0.25) is 0 Å². The Morgan fingerprint density at radius 2 is 1.60 bits per heavy atom. The first-order chi connectivity index (χ1) is 17.1. The summed E-state index contributed by atoms with van der Waals surface area (Å²) in [7, 11) is 0. The van der Waals surface area contributed by atoms with Crippen molar-refractivity contribution in [2.45, 2.75) is 6.42 Å². The van der Waals surface area contributed by atoms with Gasteiger partial charge in [0.1, 0.15) is 5.75 Å². The minimum absolute atomic E-state index is 0.0738. The van der Waals surface area contributed by atoms with Crippen molar-refractivity contribution >= 4 is 29.7 Å². The van der Waals surface area contributed by atoms with Crippen LogP contribution in [0.5, 0.6) is 5.75 Å². The van der Waals surface area contributed by atoms with Crippen LogP contribution >= 0.6 is 0 Å². The van der Waals surface area contributed by atoms with Crippen molar-refractivity contribution in [2.24, 2.45) is 5.10 Å². The SMILES string of the molecule is O=C(Cc1ccccc1)Nc1ccc(C(=O)N/N=C\c2ccccc2OC(=O)c2ccco2)cc1. The van der Waals surface area contributed by atoms with Gasteiger partial charge in [-0.15, -0.1) is 0 Å². The molecule has 1 heterocycles. The predicted molar refractivity (Wildman–Crippen MR) is 130 cm³/mol. The number of carbonyl (C=O) groups is 3. The highest BCUT2D eigenvalue weighted by Crippen LogP contribution is 2.18. The maximum Gasteiger partial charge on any atom is 0.379 e. The van der Waals surface area contributed by atoms with E-state index >= 15 is 0 Å². The van der Waals surface area contributed by atoms with Gasteiger partial charge in [-0.25, -0.2) is 10.2 Å². The number of ether oxygens (including phenoxy) is 1. The largest absolute Gasteiger partial charge is 0.457 e. The van der Waals surface area contributed by atoms with E-state index in [1.807, 2.05) is 30.3 Å². The fourth-order valence-corrected chi connectivity index (χ4v) is 3.14. The smallest absolute Gasteiger partial charge is 0.379 e. The summed E-state index contributed by atoms with van der Waals surface area (Å²) < 4.78 is 10.4. The Bertz CT molecular complexity index is 1330. The Kier molecular flexibility index (Phi) is 7.45. The first-order valence-corrected chi connectivity index (χ1v) is 10.7. The van der Waals surface area contributed by atoms with Gasteiger partial charge in [0.25, 0.3) is 5.91 Å². The van der Waals surface area contributed by atoms with E-state index in [2.05, 4.69) is 15.8 Å². The molecule has 0 radical (unpaired) electrons. The monoisotopic (exact) mass is 467 g/mol. The van der Waals surface area contributed by atoms with Crippen molar-refractivity contribution in [3.8, 4) is 5.75 Å². The first kappa shape index (κ1) is 23.2. The van der Waals surface area contributed by atoms with Gasteiger partial charge in [-0.3, -0.25) is 9.59 Å². The standard InChI is InChI=1S/C27H21N3O5/c31-25(17-19-7-2-1-3-8-19)29-22-14-12-20(13-15-22)26(32)30-28-18-21-9-4-5-10-23(21)35-27(33)24-11-6-16-34-24/h1-16,18H,17H2,(H,29,31)(H,30,32)/b28-18-. The molecule has 0 saturated carbocycles. The van der Waals surface area contributed by atoms with Crippen LogP contribution in [0.3, 0.4) is 0 Å². The van der Waals surface area contributed by atoms with E-state index in [-0.39, 0.29) is 23.8 Å². The molecule has 4 aromatic rings. The Labute approximate surface area is 201 Å². The molecule has 0 fully saturated rings. The Morgan fingerprint density at radius 3 is 2.34 bits per heavy atom. The molecule has 35 heavy (non-hydrogen) atoms. The second-order valence-electron chi connectivity index (χ2n) is 7.39. The van der Waals surface area contributed by atoms with Gasteiger partial charge < -0.3 is 14.5 Å². The van der Waals surface area contributed by atoms with E-state index < -0.39 is 11.9 Å². The van der Waals surface area contributed by atoms with Crippen LogP contribution in [0.25, 0.3) is 0 Å². The van der Waals surface area contributed by atoms with E-state index in [4.69, 9.17) is 9.15 Å². The average Bonchev–Trinajstić information content (AvgIpc) is 3.41. The number of amides is 2. The molecule has 0 saturated heterocycles. The lowest BCUT2D eigenvalue weighted by Gasteiger charge is -2.07. The zero-order chi connectivity index (χ0) is 24.5. The summed E-state index contributed by atoms with van der Waals surface area (Å²) in [5.41, 5.74) is 4.78. The molecule has 0 spiro atoms. The van der Waals surface area contributed by atoms with Crippen LogP contribution in [-0.2, 0) is 11.2 Å². The van der Waals surface area contributed by atoms with E-state index in [1.165, 1.54) is 18.5 Å². The Morgan fingerprint density at radius 1 is 0.857 bits per heavy atom. The van der Waals surface area contributed by atoms with E-state index in [1.54, 1.807) is 54.6 Å². The van der Waals surface area contributed by atoms with Crippen molar-refractivity contribution in [1.29, 1.82) is 0 Å². The van der Waals surface area contributed by atoms with E-state index in [9.17, 15) is 14.4 Å². The molecule has 1 aromatic heterocycles. The highest BCUT2D eigenvalue weighted by atomic mass is 16.5. The third-order valence-electron chi connectivity index (χ3n) is 4.85. The molecule has 8 nitrogen and oxygen atoms in total. The van der Waals surface area contributed by atoms with Crippen molar-refractivity contribution in [3.63, 3.8) is 0 Å². The number of hydrogen-bond donors (Lipinski definition) is 2. The van der Waals surface area contributed by atoms with Crippen molar-refractivity contribution in [3.05, 3.63) is 120 Å². The van der Waals surface area contributed by atoms with Gasteiger partial charge in [0.2, 0.25) is 11.7 Å². The lowest BCUT2D eigenvalue weighted by atomic mass is 10.1. The zero-order valence-electron chi connectivity index (χ0n) is 18.5. The van der Waals surface area contributed by atoms with Gasteiger partial charge in [0.15, 0.2) is 0 Å². The topological polar surface area (TPSA) is 110 Å². The third kappa shape index (κ3) is 6.52. The third-order valence-corrected chi connectivity index (χ3v) is 4.85. The average molecular weight is 467 g/mol. The highest BCUT2D eigenvalue weighted by molar-refractivity contribution is 5.97. The molecule has 0 atom stereocenters. The molecular formula is C27H21N3O5. The summed E-state index contributed by atoms with van der Waals surface area (Å²) in [5.74, 6) is -0.888. The fourth-order valence-electron chi connectivity index (χ4n) is 3.14. The number of furan rings is 1. The van der Waals surface area contributed by atoms with Gasteiger partial charge in [0.05, 0.1) is 18.9 Å². The van der Waals surface area contributed by atoms with E-state index in [0.29, 0.717) is 16.8 Å². The van der Waals surface area contributed by atoms with Crippen LogP contribution < -0.4 is 15.5 Å². The van der Waals surface area contributed by atoms with Gasteiger partial charge in [-0.1, -0.05) is 42.5 Å². The van der Waals surface area contributed by atoms with Crippen molar-refractivity contribution in [1.82, 2.24) is 5.43 Å². The number of anilines is 1. The second-order valence-corrected chi connectivity index (χ2v) is 7.39. The van der Waals surface area contributed by atoms with Crippen LogP contribution in [0.4, 0.5) is 5.69 Å². The molecule has 4 rings (SSSR count). The van der Waals surface area contributed by atoms with Gasteiger partial charge in [-0.2, -0.15) is 5.10 Å². The molecule has 2 N–H and O–H groups in total. The molecule has 3 aromatic carbocycles. The molecule has 0 aliphatic carbocycles. The summed E-state index contributed by atoms with van der Waals surface area (Å²) in [6.45, 7) is 0. The lowest BCUT2D eigenvalue weighted by Crippen LogP contribution is -2.18. The van der Waals surface area contributed by atoms with Crippen molar-refractivity contribution < 1.29 is 23.5 Å². The number of benzene rings is 3. The number of nitrogens with zero attached hydrogens (tertiary/aromatic N) is 1. The molecule has 8 heteroatoms. The zero-order valence-corrected chi connectivity index (χ0v) is 18.5. The molecule has 0 aliphatic rings. The second kappa shape index (κ2) is 11.2. The molecule has 0 aliphatic heterocycles. The number of esters is 1. The number of nitrogens with one attached hydrogen (secondary N) is 2. The summed E-state index contributed by atoms with van der Waals surface area (Å²) in [4.78, 5) is 36.7. The van der Waals surface area contributed by atoms with Gasteiger partial charge in [0, 0.05) is 16.8 Å². The van der Waals surface area contributed by atoms with Crippen LogP contribution in [-0.4, -0.2) is 24.0 Å². The minimum Gasteiger partial charge on any atom is -0.457 e. The van der Waals surface area contributed by atoms with Crippen molar-refractivity contribution in [2.75, 3.05) is 5.32 Å². The summed E-state index contributed by atoms with van der Waals surface area (Å²) in [6, 6.07) is 25.7.